The molecule has 0 saturated carbocycles. The van der Waals surface area contributed by atoms with Crippen molar-refractivity contribution in [2.45, 2.75) is 39.2 Å². The van der Waals surface area contributed by atoms with Gasteiger partial charge in [0, 0.05) is 18.8 Å². The Hall–Kier alpha value is -2.89. The van der Waals surface area contributed by atoms with Crippen LogP contribution in [0.4, 0.5) is 14.9 Å². The first kappa shape index (κ1) is 19.4. The number of nitrogens with zero attached hydrogens (tertiary/aromatic N) is 2. The molecule has 1 unspecified atom stereocenters. The maximum Gasteiger partial charge on any atom is 0.322 e. The minimum atomic E-state index is -0.303. The van der Waals surface area contributed by atoms with Crippen molar-refractivity contribution in [2.75, 3.05) is 25.0 Å². The minimum Gasteiger partial charge on any atom is -0.332 e. The number of nitrogens with one attached hydrogen (secondary N) is 1. The molecule has 5 nitrogen and oxygen atoms in total. The molecule has 29 heavy (non-hydrogen) atoms. The van der Waals surface area contributed by atoms with Crippen LogP contribution in [0, 0.1) is 12.7 Å². The fraction of sp³-hybridized carbons (Fsp3) is 0.391. The normalized spacial score (nSPS) is 18.5. The van der Waals surface area contributed by atoms with Gasteiger partial charge < -0.3 is 15.1 Å². The number of anilines is 1. The quantitative estimate of drug-likeness (QED) is 0.827. The summed E-state index contributed by atoms with van der Waals surface area (Å²) in [5.74, 6) is -0.0743. The van der Waals surface area contributed by atoms with Crippen LogP contribution in [0.2, 0.25) is 0 Å². The topological polar surface area (TPSA) is 52.7 Å². The highest BCUT2D eigenvalue weighted by Gasteiger charge is 2.39. The van der Waals surface area contributed by atoms with E-state index in [0.717, 1.165) is 22.4 Å². The molecule has 2 aromatic carbocycles. The van der Waals surface area contributed by atoms with Gasteiger partial charge in [-0.1, -0.05) is 44.2 Å². The zero-order valence-electron chi connectivity index (χ0n) is 17.0. The molecule has 1 saturated heterocycles. The number of carbonyl (C=O) groups is 2. The van der Waals surface area contributed by atoms with E-state index in [2.05, 4.69) is 19.2 Å². The maximum absolute atomic E-state index is 14.2. The SMILES string of the molecule is Cc1cccc(C(C)C)c1NC(=O)N1CC(=O)N2CCc3c(F)cccc3C2C1. The lowest BCUT2D eigenvalue weighted by molar-refractivity contribution is -0.139. The third kappa shape index (κ3) is 3.48. The van der Waals surface area contributed by atoms with Gasteiger partial charge in [0.1, 0.15) is 12.4 Å². The molecule has 2 aromatic rings. The number of hydrogen-bond acceptors (Lipinski definition) is 2. The number of fused-ring (bicyclic) bond motifs is 3. The van der Waals surface area contributed by atoms with Crippen molar-refractivity contribution in [3.05, 3.63) is 64.5 Å². The molecule has 2 heterocycles. The van der Waals surface area contributed by atoms with Gasteiger partial charge in [-0.25, -0.2) is 9.18 Å². The Kier molecular flexibility index (Phi) is 5.03. The summed E-state index contributed by atoms with van der Waals surface area (Å²) < 4.78 is 14.2. The second kappa shape index (κ2) is 7.50. The van der Waals surface area contributed by atoms with Gasteiger partial charge in [0.2, 0.25) is 5.91 Å². The average Bonchev–Trinajstić information content (AvgIpc) is 2.69. The van der Waals surface area contributed by atoms with Crippen LogP contribution in [-0.2, 0) is 11.2 Å². The van der Waals surface area contributed by atoms with E-state index in [4.69, 9.17) is 0 Å². The van der Waals surface area contributed by atoms with Gasteiger partial charge >= 0.3 is 6.03 Å². The number of carbonyl (C=O) groups excluding carboxylic acids is 2. The van der Waals surface area contributed by atoms with Crippen molar-refractivity contribution in [3.63, 3.8) is 0 Å². The van der Waals surface area contributed by atoms with Crippen molar-refractivity contribution in [3.8, 4) is 0 Å². The maximum atomic E-state index is 14.2. The minimum absolute atomic E-state index is 0.0376. The number of hydrogen-bond donors (Lipinski definition) is 1. The van der Waals surface area contributed by atoms with Crippen LogP contribution >= 0.6 is 0 Å². The van der Waals surface area contributed by atoms with Crippen LogP contribution in [0.1, 0.15) is 48.1 Å². The first-order valence-electron chi connectivity index (χ1n) is 10.1. The third-order valence-corrected chi connectivity index (χ3v) is 5.98. The molecule has 2 aliphatic heterocycles. The Morgan fingerprint density at radius 1 is 1.21 bits per heavy atom. The fourth-order valence-corrected chi connectivity index (χ4v) is 4.41. The molecule has 0 aliphatic carbocycles. The van der Waals surface area contributed by atoms with Crippen LogP contribution < -0.4 is 5.32 Å². The number of para-hydroxylation sites is 1. The van der Waals surface area contributed by atoms with Gasteiger partial charge in [0.25, 0.3) is 0 Å². The van der Waals surface area contributed by atoms with E-state index in [1.165, 1.54) is 6.07 Å². The van der Waals surface area contributed by atoms with E-state index in [9.17, 15) is 14.0 Å². The van der Waals surface area contributed by atoms with E-state index in [0.29, 0.717) is 25.1 Å². The second-order valence-electron chi connectivity index (χ2n) is 8.17. The van der Waals surface area contributed by atoms with E-state index < -0.39 is 0 Å². The predicted octanol–water partition coefficient (Wildman–Crippen LogP) is 4.23. The Morgan fingerprint density at radius 2 is 1.97 bits per heavy atom. The van der Waals surface area contributed by atoms with Crippen molar-refractivity contribution in [1.82, 2.24) is 9.80 Å². The Labute approximate surface area is 170 Å². The lowest BCUT2D eigenvalue weighted by atomic mass is 9.90. The molecule has 3 amide bonds. The first-order chi connectivity index (χ1) is 13.9. The molecule has 1 fully saturated rings. The zero-order valence-corrected chi connectivity index (χ0v) is 17.0. The molecule has 0 spiro atoms. The molecule has 2 aliphatic rings. The number of benzene rings is 2. The average molecular weight is 395 g/mol. The number of amides is 3. The van der Waals surface area contributed by atoms with Gasteiger partial charge in [0.15, 0.2) is 0 Å². The van der Waals surface area contributed by atoms with Crippen molar-refractivity contribution < 1.29 is 14.0 Å². The molecule has 152 valence electrons. The largest absolute Gasteiger partial charge is 0.332 e. The standard InChI is InChI=1S/C23H26FN3O2/c1-14(2)16-7-4-6-15(3)22(16)25-23(29)26-12-20-18-8-5-9-19(24)17(18)10-11-27(20)21(28)13-26/h4-9,14,20H,10-13H2,1-3H3,(H,25,29). The summed E-state index contributed by atoms with van der Waals surface area (Å²) in [6.07, 6.45) is 0.511. The first-order valence-corrected chi connectivity index (χ1v) is 10.1. The Balaban J connectivity index is 1.60. The van der Waals surface area contributed by atoms with Crippen molar-refractivity contribution >= 4 is 17.6 Å². The summed E-state index contributed by atoms with van der Waals surface area (Å²) in [5, 5.41) is 3.02. The number of rotatable bonds is 2. The predicted molar refractivity (Wildman–Crippen MR) is 110 cm³/mol. The van der Waals surface area contributed by atoms with E-state index in [1.54, 1.807) is 15.9 Å². The molecule has 0 radical (unpaired) electrons. The number of halogens is 1. The number of urea groups is 1. The smallest absolute Gasteiger partial charge is 0.322 e. The van der Waals surface area contributed by atoms with E-state index >= 15 is 0 Å². The van der Waals surface area contributed by atoms with Crippen molar-refractivity contribution in [1.29, 1.82) is 0 Å². The van der Waals surface area contributed by atoms with Crippen LogP contribution in [0.3, 0.4) is 0 Å². The van der Waals surface area contributed by atoms with E-state index in [-0.39, 0.29) is 36.3 Å². The molecule has 1 atom stereocenters. The van der Waals surface area contributed by atoms with Crippen LogP contribution in [0.25, 0.3) is 0 Å². The highest BCUT2D eigenvalue weighted by Crippen LogP contribution is 2.35. The Bertz CT molecular complexity index is 973. The fourth-order valence-electron chi connectivity index (χ4n) is 4.41. The lowest BCUT2D eigenvalue weighted by Gasteiger charge is -2.44. The Morgan fingerprint density at radius 3 is 2.72 bits per heavy atom. The summed E-state index contributed by atoms with van der Waals surface area (Å²) in [5.41, 5.74) is 4.32. The molecular formula is C23H26FN3O2. The molecule has 4 rings (SSSR count). The highest BCUT2D eigenvalue weighted by atomic mass is 19.1. The molecule has 0 aromatic heterocycles. The van der Waals surface area contributed by atoms with E-state index in [1.807, 2.05) is 31.2 Å². The van der Waals surface area contributed by atoms with Gasteiger partial charge in [-0.3, -0.25) is 4.79 Å². The molecule has 1 N–H and O–H groups in total. The van der Waals surface area contributed by atoms with Gasteiger partial charge in [-0.2, -0.15) is 0 Å². The van der Waals surface area contributed by atoms with Crippen LogP contribution in [0.15, 0.2) is 36.4 Å². The van der Waals surface area contributed by atoms with Crippen LogP contribution in [-0.4, -0.2) is 41.4 Å². The number of aryl methyl sites for hydroxylation is 1. The summed E-state index contributed by atoms with van der Waals surface area (Å²) in [6, 6.07) is 10.3. The van der Waals surface area contributed by atoms with Crippen LogP contribution in [0.5, 0.6) is 0 Å². The lowest BCUT2D eigenvalue weighted by Crippen LogP contribution is -2.56. The molecule has 6 heteroatoms. The summed E-state index contributed by atoms with van der Waals surface area (Å²) >= 11 is 0. The molecule has 0 bridgehead atoms. The summed E-state index contributed by atoms with van der Waals surface area (Å²) in [7, 11) is 0. The highest BCUT2D eigenvalue weighted by molar-refractivity contribution is 5.94. The van der Waals surface area contributed by atoms with Gasteiger partial charge in [-0.05, 0) is 47.6 Å². The summed E-state index contributed by atoms with van der Waals surface area (Å²) in [6.45, 7) is 7.01. The summed E-state index contributed by atoms with van der Waals surface area (Å²) in [4.78, 5) is 29.1. The van der Waals surface area contributed by atoms with Gasteiger partial charge in [-0.15, -0.1) is 0 Å². The zero-order chi connectivity index (χ0) is 20.7. The van der Waals surface area contributed by atoms with Crippen molar-refractivity contribution in [2.24, 2.45) is 0 Å². The monoisotopic (exact) mass is 395 g/mol. The second-order valence-corrected chi connectivity index (χ2v) is 8.17. The number of piperazine rings is 1. The molecular weight excluding hydrogens is 369 g/mol. The third-order valence-electron chi connectivity index (χ3n) is 5.98. The van der Waals surface area contributed by atoms with Gasteiger partial charge in [0.05, 0.1) is 6.04 Å².